The Hall–Kier alpha value is -2.21. The normalized spacial score (nSPS) is 16.1. The summed E-state index contributed by atoms with van der Waals surface area (Å²) in [5.74, 6) is 0.454. The highest BCUT2D eigenvalue weighted by molar-refractivity contribution is 5.77. The van der Waals surface area contributed by atoms with Crippen molar-refractivity contribution in [3.63, 3.8) is 0 Å². The second-order valence-corrected chi connectivity index (χ2v) is 6.73. The molecule has 1 aliphatic rings. The lowest BCUT2D eigenvalue weighted by molar-refractivity contribution is -0.132. The van der Waals surface area contributed by atoms with Gasteiger partial charge in [-0.2, -0.15) is 0 Å². The third-order valence-electron chi connectivity index (χ3n) is 4.99. The van der Waals surface area contributed by atoms with Gasteiger partial charge in [0, 0.05) is 30.6 Å². The van der Waals surface area contributed by atoms with Crippen molar-refractivity contribution in [3.05, 3.63) is 41.8 Å². The summed E-state index contributed by atoms with van der Waals surface area (Å²) in [6.45, 7) is 2.06. The van der Waals surface area contributed by atoms with Crippen molar-refractivity contribution in [2.45, 2.75) is 31.7 Å². The fraction of sp³-hybridized carbons (Fsp3) is 0.474. The second-order valence-electron chi connectivity index (χ2n) is 6.73. The molecule has 2 heterocycles. The first-order valence-electron chi connectivity index (χ1n) is 8.68. The maximum atomic E-state index is 13.1. The average Bonchev–Trinajstić information content (AvgIpc) is 3.09. The number of nitrogens with zero attached hydrogens (tertiary/aromatic N) is 3. The molecule has 1 aromatic heterocycles. The highest BCUT2D eigenvalue weighted by atomic mass is 19.1. The second kappa shape index (κ2) is 7.78. The zero-order valence-electron chi connectivity index (χ0n) is 14.7. The van der Waals surface area contributed by atoms with Gasteiger partial charge < -0.3 is 14.3 Å². The first-order valence-corrected chi connectivity index (χ1v) is 8.68. The van der Waals surface area contributed by atoms with Crippen LogP contribution < -0.4 is 0 Å². The Morgan fingerprint density at radius 3 is 2.68 bits per heavy atom. The van der Waals surface area contributed by atoms with E-state index in [9.17, 15) is 9.18 Å². The molecule has 6 heteroatoms. The molecule has 0 atom stereocenters. The monoisotopic (exact) mass is 345 g/mol. The maximum Gasteiger partial charge on any atom is 0.222 e. The maximum absolute atomic E-state index is 13.1. The van der Waals surface area contributed by atoms with E-state index in [-0.39, 0.29) is 11.7 Å². The van der Waals surface area contributed by atoms with Crippen molar-refractivity contribution in [1.82, 2.24) is 15.0 Å². The van der Waals surface area contributed by atoms with Crippen LogP contribution in [-0.2, 0) is 11.2 Å². The van der Waals surface area contributed by atoms with Crippen LogP contribution in [0.15, 0.2) is 35.0 Å². The molecule has 1 aliphatic heterocycles. The van der Waals surface area contributed by atoms with Gasteiger partial charge in [0.1, 0.15) is 5.82 Å². The van der Waals surface area contributed by atoms with Gasteiger partial charge >= 0.3 is 0 Å². The third-order valence-corrected chi connectivity index (χ3v) is 4.99. The number of carbonyl (C=O) groups excluding carboxylic acids is 1. The zero-order chi connectivity index (χ0) is 17.8. The molecule has 134 valence electrons. The van der Waals surface area contributed by atoms with Gasteiger partial charge in [-0.25, -0.2) is 4.39 Å². The van der Waals surface area contributed by atoms with Crippen LogP contribution in [0.25, 0.3) is 11.3 Å². The summed E-state index contributed by atoms with van der Waals surface area (Å²) >= 11 is 0. The summed E-state index contributed by atoms with van der Waals surface area (Å²) in [6.07, 6.45) is 4.66. The topological polar surface area (TPSA) is 49.6 Å². The highest BCUT2D eigenvalue weighted by Crippen LogP contribution is 2.25. The Kier molecular flexibility index (Phi) is 5.48. The molecule has 25 heavy (non-hydrogen) atoms. The molecule has 3 rings (SSSR count). The number of likely N-dealkylation sites (tertiary alicyclic amines) is 1. The lowest BCUT2D eigenvalue weighted by Gasteiger charge is -2.35. The summed E-state index contributed by atoms with van der Waals surface area (Å²) < 4.78 is 18.4. The minimum absolute atomic E-state index is 0.140. The number of aryl methyl sites for hydroxylation is 1. The summed E-state index contributed by atoms with van der Waals surface area (Å²) in [6, 6.07) is 6.42. The molecular formula is C19H24FN3O2. The number of carbonyl (C=O) groups is 1. The molecule has 0 radical (unpaired) electrons. The number of piperidine rings is 1. The molecule has 1 aromatic carbocycles. The van der Waals surface area contributed by atoms with Crippen LogP contribution in [0.3, 0.4) is 0 Å². The average molecular weight is 345 g/mol. The molecule has 0 N–H and O–H groups in total. The molecule has 0 spiro atoms. The van der Waals surface area contributed by atoms with Crippen LogP contribution in [0.4, 0.5) is 4.39 Å². The standard InChI is InChI=1S/C19H24FN3O2/c1-22-11-9-17(10-12-22)23(2)18(24)8-5-15-13-21-25-19(15)14-3-6-16(20)7-4-14/h3-4,6-7,13,17H,5,8-12H2,1-2H3. The van der Waals surface area contributed by atoms with Gasteiger partial charge in [0.25, 0.3) is 0 Å². The minimum atomic E-state index is -0.292. The Balaban J connectivity index is 1.59. The molecule has 1 amide bonds. The Bertz CT molecular complexity index is 706. The predicted molar refractivity (Wildman–Crippen MR) is 93.5 cm³/mol. The SMILES string of the molecule is CN1CCC(N(C)C(=O)CCc2cnoc2-c2ccc(F)cc2)CC1. The van der Waals surface area contributed by atoms with E-state index in [4.69, 9.17) is 4.52 Å². The zero-order valence-corrected chi connectivity index (χ0v) is 14.7. The quantitative estimate of drug-likeness (QED) is 0.836. The fourth-order valence-electron chi connectivity index (χ4n) is 3.28. The molecular weight excluding hydrogens is 321 g/mol. The van der Waals surface area contributed by atoms with E-state index in [2.05, 4.69) is 17.1 Å². The van der Waals surface area contributed by atoms with Gasteiger partial charge in [0.05, 0.1) is 6.20 Å². The first kappa shape index (κ1) is 17.6. The van der Waals surface area contributed by atoms with Crippen LogP contribution in [0, 0.1) is 5.82 Å². The molecule has 5 nitrogen and oxygen atoms in total. The Morgan fingerprint density at radius 2 is 2.00 bits per heavy atom. The molecule has 1 saturated heterocycles. The van der Waals surface area contributed by atoms with E-state index in [0.717, 1.165) is 37.1 Å². The minimum Gasteiger partial charge on any atom is -0.356 e. The number of benzene rings is 1. The summed E-state index contributed by atoms with van der Waals surface area (Å²) in [5, 5.41) is 3.84. The lowest BCUT2D eigenvalue weighted by Crippen LogP contribution is -2.44. The number of amides is 1. The summed E-state index contributed by atoms with van der Waals surface area (Å²) in [5.41, 5.74) is 1.64. The van der Waals surface area contributed by atoms with Crippen LogP contribution in [0.5, 0.6) is 0 Å². The van der Waals surface area contributed by atoms with Crippen molar-refractivity contribution < 1.29 is 13.7 Å². The molecule has 0 unspecified atom stereocenters. The fourth-order valence-corrected chi connectivity index (χ4v) is 3.28. The number of hydrogen-bond donors (Lipinski definition) is 0. The van der Waals surface area contributed by atoms with Crippen LogP contribution in [-0.4, -0.2) is 54.1 Å². The van der Waals surface area contributed by atoms with Gasteiger partial charge in [-0.1, -0.05) is 5.16 Å². The smallest absolute Gasteiger partial charge is 0.222 e. The molecule has 2 aromatic rings. The number of aromatic nitrogens is 1. The van der Waals surface area contributed by atoms with Crippen LogP contribution in [0.2, 0.25) is 0 Å². The molecule has 0 saturated carbocycles. The summed E-state index contributed by atoms with van der Waals surface area (Å²) in [7, 11) is 4.01. The van der Waals surface area contributed by atoms with Gasteiger partial charge in [-0.05, 0) is 63.7 Å². The van der Waals surface area contributed by atoms with E-state index in [1.54, 1.807) is 18.3 Å². The predicted octanol–water partition coefficient (Wildman–Crippen LogP) is 2.97. The number of halogens is 1. The Labute approximate surface area is 147 Å². The van der Waals surface area contributed by atoms with Crippen LogP contribution in [0.1, 0.15) is 24.8 Å². The van der Waals surface area contributed by atoms with Crippen molar-refractivity contribution in [2.24, 2.45) is 0 Å². The Morgan fingerprint density at radius 1 is 1.32 bits per heavy atom. The van der Waals surface area contributed by atoms with Gasteiger partial charge in [0.15, 0.2) is 5.76 Å². The van der Waals surface area contributed by atoms with Crippen molar-refractivity contribution in [1.29, 1.82) is 0 Å². The molecule has 1 fully saturated rings. The van der Waals surface area contributed by atoms with E-state index >= 15 is 0 Å². The van der Waals surface area contributed by atoms with E-state index in [0.29, 0.717) is 24.6 Å². The molecule has 0 bridgehead atoms. The first-order chi connectivity index (χ1) is 12.0. The number of rotatable bonds is 5. The van der Waals surface area contributed by atoms with Gasteiger partial charge in [-0.3, -0.25) is 4.79 Å². The third kappa shape index (κ3) is 4.25. The lowest BCUT2D eigenvalue weighted by atomic mass is 10.0. The highest BCUT2D eigenvalue weighted by Gasteiger charge is 2.24. The van der Waals surface area contributed by atoms with Gasteiger partial charge in [0.2, 0.25) is 5.91 Å². The van der Waals surface area contributed by atoms with Crippen LogP contribution >= 0.6 is 0 Å². The number of hydrogen-bond acceptors (Lipinski definition) is 4. The largest absolute Gasteiger partial charge is 0.356 e. The summed E-state index contributed by atoms with van der Waals surface area (Å²) in [4.78, 5) is 16.7. The van der Waals surface area contributed by atoms with Crippen molar-refractivity contribution in [3.8, 4) is 11.3 Å². The van der Waals surface area contributed by atoms with E-state index < -0.39 is 0 Å². The van der Waals surface area contributed by atoms with Crippen molar-refractivity contribution >= 4 is 5.91 Å². The van der Waals surface area contributed by atoms with E-state index in [1.165, 1.54) is 12.1 Å². The van der Waals surface area contributed by atoms with Gasteiger partial charge in [-0.15, -0.1) is 0 Å². The molecule has 0 aliphatic carbocycles. The van der Waals surface area contributed by atoms with Crippen molar-refractivity contribution in [2.75, 3.05) is 27.2 Å². The van der Waals surface area contributed by atoms with E-state index in [1.807, 2.05) is 11.9 Å².